The Morgan fingerprint density at radius 1 is 1.37 bits per heavy atom. The minimum absolute atomic E-state index is 0.0817. The summed E-state index contributed by atoms with van der Waals surface area (Å²) in [4.78, 5) is 12.1. The SMILES string of the molecule is CC#CCOc1ccc(S[C@H](C(=O)O)C(C)C)cc1. The second-order valence-corrected chi connectivity index (χ2v) is 5.52. The lowest BCUT2D eigenvalue weighted by molar-refractivity contribution is -0.137. The van der Waals surface area contributed by atoms with Crippen LogP contribution in [0.25, 0.3) is 0 Å². The molecule has 1 N–H and O–H groups in total. The Bertz CT molecular complexity index is 468. The number of carbonyl (C=O) groups is 1. The molecule has 1 aromatic carbocycles. The fourth-order valence-electron chi connectivity index (χ4n) is 1.42. The Balaban J connectivity index is 2.64. The first-order valence-corrected chi connectivity index (χ1v) is 6.94. The fourth-order valence-corrected chi connectivity index (χ4v) is 2.38. The molecule has 0 aromatic heterocycles. The highest BCUT2D eigenvalue weighted by Crippen LogP contribution is 2.29. The van der Waals surface area contributed by atoms with Gasteiger partial charge in [-0.15, -0.1) is 17.7 Å². The average Bonchev–Trinajstić information content (AvgIpc) is 2.37. The van der Waals surface area contributed by atoms with E-state index in [1.54, 1.807) is 6.92 Å². The zero-order chi connectivity index (χ0) is 14.3. The maximum Gasteiger partial charge on any atom is 0.317 e. The molecule has 0 fully saturated rings. The van der Waals surface area contributed by atoms with Gasteiger partial charge in [-0.25, -0.2) is 0 Å². The molecule has 19 heavy (non-hydrogen) atoms. The second kappa shape index (κ2) is 7.75. The molecule has 1 aromatic rings. The molecule has 0 spiro atoms. The maximum absolute atomic E-state index is 11.1. The first kappa shape index (κ1) is 15.5. The number of benzene rings is 1. The van der Waals surface area contributed by atoms with Crippen LogP contribution in [0, 0.1) is 17.8 Å². The first-order chi connectivity index (χ1) is 9.04. The number of carboxylic acids is 1. The van der Waals surface area contributed by atoms with E-state index in [9.17, 15) is 4.79 Å². The van der Waals surface area contributed by atoms with E-state index in [4.69, 9.17) is 9.84 Å². The number of rotatable bonds is 6. The van der Waals surface area contributed by atoms with Gasteiger partial charge in [-0.3, -0.25) is 4.79 Å². The van der Waals surface area contributed by atoms with Gasteiger partial charge in [-0.05, 0) is 37.1 Å². The predicted octanol–water partition coefficient (Wildman–Crippen LogP) is 3.29. The number of hydrogen-bond donors (Lipinski definition) is 1. The molecule has 0 aliphatic rings. The third kappa shape index (κ3) is 5.27. The summed E-state index contributed by atoms with van der Waals surface area (Å²) >= 11 is 1.36. The summed E-state index contributed by atoms with van der Waals surface area (Å²) in [6, 6.07) is 7.41. The number of aliphatic carboxylic acids is 1. The second-order valence-electron chi connectivity index (χ2n) is 4.31. The highest BCUT2D eigenvalue weighted by Gasteiger charge is 2.22. The van der Waals surface area contributed by atoms with Crippen LogP contribution >= 0.6 is 11.8 Å². The van der Waals surface area contributed by atoms with Crippen LogP contribution in [0.15, 0.2) is 29.2 Å². The fraction of sp³-hybridized carbons (Fsp3) is 0.400. The lowest BCUT2D eigenvalue weighted by Crippen LogP contribution is -2.22. The topological polar surface area (TPSA) is 46.5 Å². The first-order valence-electron chi connectivity index (χ1n) is 6.06. The molecular formula is C15H18O3S. The summed E-state index contributed by atoms with van der Waals surface area (Å²) < 4.78 is 5.40. The van der Waals surface area contributed by atoms with Crippen molar-refractivity contribution in [3.63, 3.8) is 0 Å². The van der Waals surface area contributed by atoms with Crippen molar-refractivity contribution in [1.29, 1.82) is 0 Å². The van der Waals surface area contributed by atoms with Crippen LogP contribution in [0.1, 0.15) is 20.8 Å². The minimum atomic E-state index is -0.779. The van der Waals surface area contributed by atoms with Gasteiger partial charge >= 0.3 is 5.97 Å². The molecule has 0 saturated heterocycles. The van der Waals surface area contributed by atoms with E-state index in [1.165, 1.54) is 11.8 Å². The van der Waals surface area contributed by atoms with Gasteiger partial charge in [0.1, 0.15) is 17.6 Å². The molecule has 1 rings (SSSR count). The van der Waals surface area contributed by atoms with Gasteiger partial charge in [0, 0.05) is 4.90 Å². The molecule has 4 heteroatoms. The number of ether oxygens (including phenoxy) is 1. The summed E-state index contributed by atoms with van der Waals surface area (Å²) in [5.41, 5.74) is 0. The molecule has 0 aliphatic carbocycles. The van der Waals surface area contributed by atoms with Crippen molar-refractivity contribution in [2.75, 3.05) is 6.61 Å². The van der Waals surface area contributed by atoms with Crippen LogP contribution in [0.3, 0.4) is 0 Å². The van der Waals surface area contributed by atoms with Gasteiger partial charge in [0.05, 0.1) is 0 Å². The normalized spacial score (nSPS) is 11.6. The van der Waals surface area contributed by atoms with E-state index >= 15 is 0 Å². The van der Waals surface area contributed by atoms with Crippen molar-refractivity contribution < 1.29 is 14.6 Å². The van der Waals surface area contributed by atoms with Crippen molar-refractivity contribution in [3.05, 3.63) is 24.3 Å². The Morgan fingerprint density at radius 2 is 2.00 bits per heavy atom. The summed E-state index contributed by atoms with van der Waals surface area (Å²) in [6.07, 6.45) is 0. The monoisotopic (exact) mass is 278 g/mol. The van der Waals surface area contributed by atoms with Gasteiger partial charge in [-0.2, -0.15) is 0 Å². The van der Waals surface area contributed by atoms with Crippen LogP contribution in [0.2, 0.25) is 0 Å². The van der Waals surface area contributed by atoms with Crippen LogP contribution in [-0.4, -0.2) is 22.9 Å². The molecule has 3 nitrogen and oxygen atoms in total. The zero-order valence-electron chi connectivity index (χ0n) is 11.3. The smallest absolute Gasteiger partial charge is 0.317 e. The summed E-state index contributed by atoms with van der Waals surface area (Å²) in [5.74, 6) is 5.62. The van der Waals surface area contributed by atoms with Gasteiger partial charge in [0.25, 0.3) is 0 Å². The van der Waals surface area contributed by atoms with Crippen molar-refractivity contribution in [1.82, 2.24) is 0 Å². The van der Waals surface area contributed by atoms with Gasteiger partial charge in [0.2, 0.25) is 0 Å². The molecule has 0 heterocycles. The predicted molar refractivity (Wildman–Crippen MR) is 77.5 cm³/mol. The zero-order valence-corrected chi connectivity index (χ0v) is 12.2. The molecule has 102 valence electrons. The molecule has 0 radical (unpaired) electrons. The van der Waals surface area contributed by atoms with Crippen molar-refractivity contribution >= 4 is 17.7 Å². The van der Waals surface area contributed by atoms with Crippen molar-refractivity contribution in [3.8, 4) is 17.6 Å². The lowest BCUT2D eigenvalue weighted by atomic mass is 10.1. The van der Waals surface area contributed by atoms with Crippen LogP contribution in [0.5, 0.6) is 5.75 Å². The van der Waals surface area contributed by atoms with Crippen molar-refractivity contribution in [2.45, 2.75) is 30.9 Å². The van der Waals surface area contributed by atoms with Crippen molar-refractivity contribution in [2.24, 2.45) is 5.92 Å². The third-order valence-corrected chi connectivity index (χ3v) is 3.97. The van der Waals surface area contributed by atoms with Crippen LogP contribution in [0.4, 0.5) is 0 Å². The Kier molecular flexibility index (Phi) is 6.31. The Hall–Kier alpha value is -1.60. The molecule has 1 atom stereocenters. The van der Waals surface area contributed by atoms with E-state index < -0.39 is 11.2 Å². The van der Waals surface area contributed by atoms with Crippen LogP contribution < -0.4 is 4.74 Å². The quantitative estimate of drug-likeness (QED) is 0.640. The van der Waals surface area contributed by atoms with E-state index in [0.717, 1.165) is 10.6 Å². The average molecular weight is 278 g/mol. The van der Waals surface area contributed by atoms with E-state index in [-0.39, 0.29) is 5.92 Å². The van der Waals surface area contributed by atoms with E-state index in [2.05, 4.69) is 11.8 Å². The lowest BCUT2D eigenvalue weighted by Gasteiger charge is -2.15. The van der Waals surface area contributed by atoms with Crippen LogP contribution in [-0.2, 0) is 4.79 Å². The number of hydrogen-bond acceptors (Lipinski definition) is 3. The highest BCUT2D eigenvalue weighted by molar-refractivity contribution is 8.00. The third-order valence-electron chi connectivity index (χ3n) is 2.42. The molecule has 0 unspecified atom stereocenters. The summed E-state index contributed by atoms with van der Waals surface area (Å²) in [6.45, 7) is 5.95. The number of carboxylic acid groups (broad SMARTS) is 1. The Morgan fingerprint density at radius 3 is 2.47 bits per heavy atom. The van der Waals surface area contributed by atoms with Gasteiger partial charge in [0.15, 0.2) is 0 Å². The standard InChI is InChI=1S/C15H18O3S/c1-4-5-10-18-12-6-8-13(9-7-12)19-14(11(2)3)15(16)17/h6-9,11,14H,10H2,1-3H3,(H,16,17)/t14-/m0/s1. The van der Waals surface area contributed by atoms with E-state index in [0.29, 0.717) is 6.61 Å². The summed E-state index contributed by atoms with van der Waals surface area (Å²) in [7, 11) is 0. The minimum Gasteiger partial charge on any atom is -0.481 e. The van der Waals surface area contributed by atoms with Gasteiger partial charge in [-0.1, -0.05) is 19.8 Å². The largest absolute Gasteiger partial charge is 0.481 e. The van der Waals surface area contributed by atoms with E-state index in [1.807, 2.05) is 38.1 Å². The molecule has 0 saturated carbocycles. The molecule has 0 bridgehead atoms. The number of thioether (sulfide) groups is 1. The molecular weight excluding hydrogens is 260 g/mol. The molecule has 0 amide bonds. The highest BCUT2D eigenvalue weighted by atomic mass is 32.2. The molecule has 0 aliphatic heterocycles. The maximum atomic E-state index is 11.1. The summed E-state index contributed by atoms with van der Waals surface area (Å²) in [5, 5.41) is 8.71. The van der Waals surface area contributed by atoms with Gasteiger partial charge < -0.3 is 9.84 Å². The Labute approximate surface area is 118 Å².